The Kier molecular flexibility index (Phi) is 3.88. The lowest BCUT2D eigenvalue weighted by molar-refractivity contribution is 0.480. The second-order valence-corrected chi connectivity index (χ2v) is 4.86. The van der Waals surface area contributed by atoms with Gasteiger partial charge in [0, 0.05) is 0 Å². The predicted octanol–water partition coefficient (Wildman–Crippen LogP) is 3.41. The van der Waals surface area contributed by atoms with Crippen molar-refractivity contribution in [1.29, 1.82) is 10.5 Å². The summed E-state index contributed by atoms with van der Waals surface area (Å²) in [5.74, 6) is 0.904. The van der Waals surface area contributed by atoms with Crippen LogP contribution in [0.15, 0.2) is 36.4 Å². The van der Waals surface area contributed by atoms with E-state index in [1.54, 1.807) is 36.4 Å². The summed E-state index contributed by atoms with van der Waals surface area (Å²) in [6.45, 7) is 0. The van der Waals surface area contributed by atoms with Crippen molar-refractivity contribution >= 4 is 28.3 Å². The molecule has 0 fully saturated rings. The Hall–Kier alpha value is -2.25. The highest BCUT2D eigenvalue weighted by Crippen LogP contribution is 2.34. The lowest BCUT2D eigenvalue weighted by Crippen LogP contribution is -1.97. The third kappa shape index (κ3) is 2.78. The fraction of sp³-hybridized carbons (Fsp3) is 0. The van der Waals surface area contributed by atoms with E-state index in [9.17, 15) is 0 Å². The van der Waals surface area contributed by atoms with Crippen LogP contribution in [-0.2, 0) is 0 Å². The van der Waals surface area contributed by atoms with Gasteiger partial charge in [0.05, 0.1) is 26.5 Å². The Bertz CT molecular complexity index is 690. The van der Waals surface area contributed by atoms with Crippen LogP contribution in [0.1, 0.15) is 11.1 Å². The van der Waals surface area contributed by atoms with Crippen molar-refractivity contribution in [3.63, 3.8) is 0 Å². The molecule has 0 aromatic heterocycles. The molecule has 0 aliphatic carbocycles. The smallest absolute Gasteiger partial charge is 0.163 e. The number of ether oxygens (including phenoxy) is 1. The van der Waals surface area contributed by atoms with Gasteiger partial charge in [-0.15, -0.1) is 0 Å². The van der Waals surface area contributed by atoms with Crippen LogP contribution in [0.5, 0.6) is 11.5 Å². The highest BCUT2D eigenvalue weighted by molar-refractivity contribution is 14.1. The number of halogens is 1. The summed E-state index contributed by atoms with van der Waals surface area (Å²) in [6, 6.07) is 14.2. The first kappa shape index (κ1) is 13.2. The van der Waals surface area contributed by atoms with Gasteiger partial charge in [0.25, 0.3) is 0 Å². The van der Waals surface area contributed by atoms with E-state index in [1.165, 1.54) is 0 Å². The fourth-order valence-corrected chi connectivity index (χ4v) is 2.30. The molecule has 5 heteroatoms. The van der Waals surface area contributed by atoms with E-state index in [0.29, 0.717) is 28.3 Å². The number of nitrogens with two attached hydrogens (primary N) is 1. The van der Waals surface area contributed by atoms with Crippen molar-refractivity contribution in [3.8, 4) is 23.6 Å². The molecule has 4 nitrogen and oxygen atoms in total. The average molecular weight is 361 g/mol. The van der Waals surface area contributed by atoms with Gasteiger partial charge >= 0.3 is 0 Å². The van der Waals surface area contributed by atoms with Crippen molar-refractivity contribution in [3.05, 3.63) is 51.1 Å². The predicted molar refractivity (Wildman–Crippen MR) is 79.5 cm³/mol. The molecule has 0 saturated carbocycles. The van der Waals surface area contributed by atoms with E-state index >= 15 is 0 Å². The van der Waals surface area contributed by atoms with Crippen LogP contribution in [0.4, 0.5) is 5.69 Å². The summed E-state index contributed by atoms with van der Waals surface area (Å²) in [7, 11) is 0. The quantitative estimate of drug-likeness (QED) is 0.657. The number of hydrogen-bond acceptors (Lipinski definition) is 4. The Labute approximate surface area is 124 Å². The first-order chi connectivity index (χ1) is 9.15. The summed E-state index contributed by atoms with van der Waals surface area (Å²) in [4.78, 5) is 0. The van der Waals surface area contributed by atoms with E-state index in [4.69, 9.17) is 21.0 Å². The second kappa shape index (κ2) is 5.59. The molecule has 0 aliphatic heterocycles. The number of benzene rings is 2. The molecule has 0 saturated heterocycles. The number of anilines is 1. The van der Waals surface area contributed by atoms with Crippen molar-refractivity contribution < 1.29 is 4.74 Å². The molecule has 2 aromatic carbocycles. The van der Waals surface area contributed by atoms with Crippen LogP contribution in [0.25, 0.3) is 0 Å². The summed E-state index contributed by atoms with van der Waals surface area (Å²) in [6.07, 6.45) is 0. The zero-order chi connectivity index (χ0) is 13.8. The molecule has 0 heterocycles. The lowest BCUT2D eigenvalue weighted by atomic mass is 10.2. The number of nitrogens with zero attached hydrogens (tertiary/aromatic N) is 2. The highest BCUT2D eigenvalue weighted by Gasteiger charge is 2.11. The minimum absolute atomic E-state index is 0.371. The van der Waals surface area contributed by atoms with Gasteiger partial charge in [-0.3, -0.25) is 0 Å². The third-order valence-electron chi connectivity index (χ3n) is 2.42. The van der Waals surface area contributed by atoms with Gasteiger partial charge in [0.2, 0.25) is 0 Å². The number of para-hydroxylation sites is 1. The van der Waals surface area contributed by atoms with E-state index in [-0.39, 0.29) is 0 Å². The Morgan fingerprint density at radius 1 is 1.11 bits per heavy atom. The van der Waals surface area contributed by atoms with E-state index in [1.807, 2.05) is 28.7 Å². The standard InChI is InChI=1S/C14H8IN3O/c15-11-5-9(7-16)6-12(18)14(11)19-13-4-2-1-3-10(13)8-17/h1-6H,18H2. The largest absolute Gasteiger partial charge is 0.453 e. The second-order valence-electron chi connectivity index (χ2n) is 3.70. The van der Waals surface area contributed by atoms with Crippen molar-refractivity contribution in [2.45, 2.75) is 0 Å². The topological polar surface area (TPSA) is 82.8 Å². The van der Waals surface area contributed by atoms with Crippen LogP contribution >= 0.6 is 22.6 Å². The van der Waals surface area contributed by atoms with Crippen molar-refractivity contribution in [2.75, 3.05) is 5.73 Å². The first-order valence-corrected chi connectivity index (χ1v) is 6.39. The van der Waals surface area contributed by atoms with E-state index in [0.717, 1.165) is 3.57 Å². The molecule has 0 atom stereocenters. The summed E-state index contributed by atoms with van der Waals surface area (Å²) in [5.41, 5.74) is 7.15. The van der Waals surface area contributed by atoms with Gasteiger partial charge in [0.15, 0.2) is 5.75 Å². The highest BCUT2D eigenvalue weighted by atomic mass is 127. The maximum atomic E-state index is 9.01. The molecule has 0 radical (unpaired) electrons. The van der Waals surface area contributed by atoms with E-state index in [2.05, 4.69) is 6.07 Å². The Morgan fingerprint density at radius 3 is 2.47 bits per heavy atom. The average Bonchev–Trinajstić information content (AvgIpc) is 2.43. The summed E-state index contributed by atoms with van der Waals surface area (Å²) >= 11 is 2.05. The van der Waals surface area contributed by atoms with Gasteiger partial charge in [-0.2, -0.15) is 10.5 Å². The normalized spacial score (nSPS) is 9.42. The van der Waals surface area contributed by atoms with Crippen LogP contribution in [0.3, 0.4) is 0 Å². The van der Waals surface area contributed by atoms with Crippen LogP contribution in [0, 0.1) is 26.2 Å². The SMILES string of the molecule is N#Cc1cc(N)c(Oc2ccccc2C#N)c(I)c1. The molecule has 19 heavy (non-hydrogen) atoms. The number of hydrogen-bond donors (Lipinski definition) is 1. The summed E-state index contributed by atoms with van der Waals surface area (Å²) < 4.78 is 6.42. The molecule has 2 aromatic rings. The molecule has 0 spiro atoms. The minimum atomic E-state index is 0.371. The Morgan fingerprint density at radius 2 is 1.84 bits per heavy atom. The zero-order valence-corrected chi connectivity index (χ0v) is 11.9. The molecule has 92 valence electrons. The zero-order valence-electron chi connectivity index (χ0n) is 9.72. The van der Waals surface area contributed by atoms with Gasteiger partial charge in [0.1, 0.15) is 11.8 Å². The first-order valence-electron chi connectivity index (χ1n) is 5.32. The number of rotatable bonds is 2. The molecular formula is C14H8IN3O. The molecule has 2 rings (SSSR count). The minimum Gasteiger partial charge on any atom is -0.453 e. The number of nitrogen functional groups attached to an aromatic ring is 1. The molecule has 0 aliphatic rings. The fourth-order valence-electron chi connectivity index (χ4n) is 1.54. The molecule has 0 amide bonds. The monoisotopic (exact) mass is 361 g/mol. The molecular weight excluding hydrogens is 353 g/mol. The number of nitriles is 2. The molecule has 2 N–H and O–H groups in total. The van der Waals surface area contributed by atoms with Crippen LogP contribution < -0.4 is 10.5 Å². The van der Waals surface area contributed by atoms with Gasteiger partial charge < -0.3 is 10.5 Å². The van der Waals surface area contributed by atoms with Gasteiger partial charge in [-0.25, -0.2) is 0 Å². The van der Waals surface area contributed by atoms with Gasteiger partial charge in [-0.1, -0.05) is 12.1 Å². The third-order valence-corrected chi connectivity index (χ3v) is 3.22. The van der Waals surface area contributed by atoms with Crippen LogP contribution in [-0.4, -0.2) is 0 Å². The lowest BCUT2D eigenvalue weighted by Gasteiger charge is -2.11. The van der Waals surface area contributed by atoms with E-state index < -0.39 is 0 Å². The van der Waals surface area contributed by atoms with Crippen LogP contribution in [0.2, 0.25) is 0 Å². The summed E-state index contributed by atoms with van der Waals surface area (Å²) in [5, 5.41) is 17.9. The maximum Gasteiger partial charge on any atom is 0.163 e. The molecule has 0 bridgehead atoms. The molecule has 0 unspecified atom stereocenters. The van der Waals surface area contributed by atoms with Crippen molar-refractivity contribution in [1.82, 2.24) is 0 Å². The Balaban J connectivity index is 2.45. The maximum absolute atomic E-state index is 9.01. The van der Waals surface area contributed by atoms with Gasteiger partial charge in [-0.05, 0) is 46.9 Å². The van der Waals surface area contributed by atoms with Crippen molar-refractivity contribution in [2.24, 2.45) is 0 Å².